The summed E-state index contributed by atoms with van der Waals surface area (Å²) in [7, 11) is -0.621. The summed E-state index contributed by atoms with van der Waals surface area (Å²) in [5.74, 6) is 0.462. The van der Waals surface area contributed by atoms with Crippen LogP contribution in [0.15, 0.2) is 39.9 Å². The number of nitrogens with zero attached hydrogens (tertiary/aromatic N) is 2. The number of anilines is 1. The van der Waals surface area contributed by atoms with E-state index in [1.807, 2.05) is 19.9 Å². The Morgan fingerprint density at radius 3 is 2.30 bits per heavy atom. The van der Waals surface area contributed by atoms with Crippen LogP contribution >= 0.6 is 15.9 Å². The first-order valence-corrected chi connectivity index (χ1v) is 11.5. The Balaban J connectivity index is 2.16. The van der Waals surface area contributed by atoms with Crippen molar-refractivity contribution in [3.63, 3.8) is 0 Å². The zero-order valence-electron chi connectivity index (χ0n) is 17.4. The lowest BCUT2D eigenvalue weighted by Crippen LogP contribution is -2.39. The number of halogens is 1. The number of carbonyl (C=O) groups is 1. The summed E-state index contributed by atoms with van der Waals surface area (Å²) in [5.41, 5.74) is 5.23. The number of hydrazone groups is 1. The number of hydrogen-bond donors (Lipinski definition) is 1. The van der Waals surface area contributed by atoms with Gasteiger partial charge in [0.15, 0.2) is 11.5 Å². The van der Waals surface area contributed by atoms with Crippen LogP contribution in [0.5, 0.6) is 11.5 Å². The van der Waals surface area contributed by atoms with Gasteiger partial charge in [0.25, 0.3) is 5.91 Å². The van der Waals surface area contributed by atoms with E-state index in [1.54, 1.807) is 24.3 Å². The zero-order chi connectivity index (χ0) is 22.5. The van der Waals surface area contributed by atoms with Crippen molar-refractivity contribution in [2.24, 2.45) is 5.10 Å². The first-order valence-electron chi connectivity index (χ1n) is 8.84. The number of sulfonamides is 1. The van der Waals surface area contributed by atoms with Gasteiger partial charge in [0.05, 0.1) is 36.9 Å². The number of benzene rings is 2. The van der Waals surface area contributed by atoms with Crippen molar-refractivity contribution >= 4 is 43.8 Å². The van der Waals surface area contributed by atoms with E-state index < -0.39 is 22.5 Å². The summed E-state index contributed by atoms with van der Waals surface area (Å²) >= 11 is 3.38. The highest BCUT2D eigenvalue weighted by Gasteiger charge is 2.21. The van der Waals surface area contributed by atoms with Crippen LogP contribution in [-0.2, 0) is 14.8 Å². The number of amides is 1. The van der Waals surface area contributed by atoms with Crippen LogP contribution in [0, 0.1) is 13.8 Å². The molecule has 0 aliphatic carbocycles. The summed E-state index contributed by atoms with van der Waals surface area (Å²) in [6.07, 6.45) is 2.48. The molecular formula is C20H24BrN3O5S. The van der Waals surface area contributed by atoms with Gasteiger partial charge in [-0.3, -0.25) is 9.10 Å². The molecule has 0 saturated heterocycles. The first kappa shape index (κ1) is 23.7. The van der Waals surface area contributed by atoms with Gasteiger partial charge in [-0.2, -0.15) is 5.10 Å². The Labute approximate surface area is 185 Å². The predicted octanol–water partition coefficient (Wildman–Crippen LogP) is 3.00. The number of nitrogens with one attached hydrogen (secondary N) is 1. The second-order valence-electron chi connectivity index (χ2n) is 6.65. The lowest BCUT2D eigenvalue weighted by atomic mass is 10.1. The molecule has 0 aliphatic rings. The largest absolute Gasteiger partial charge is 0.493 e. The van der Waals surface area contributed by atoms with Crippen molar-refractivity contribution in [2.45, 2.75) is 13.8 Å². The van der Waals surface area contributed by atoms with Crippen molar-refractivity contribution in [2.75, 3.05) is 31.3 Å². The number of ether oxygens (including phenoxy) is 2. The molecular weight excluding hydrogens is 474 g/mol. The smallest absolute Gasteiger partial charge is 0.260 e. The van der Waals surface area contributed by atoms with Crippen molar-refractivity contribution in [3.8, 4) is 11.5 Å². The second-order valence-corrected chi connectivity index (χ2v) is 9.41. The number of hydrogen-bond acceptors (Lipinski definition) is 6. The number of rotatable bonds is 8. The highest BCUT2D eigenvalue weighted by Crippen LogP contribution is 2.35. The van der Waals surface area contributed by atoms with Crippen LogP contribution in [0.3, 0.4) is 0 Å². The zero-order valence-corrected chi connectivity index (χ0v) is 19.8. The Hall–Kier alpha value is -2.59. The van der Waals surface area contributed by atoms with Gasteiger partial charge in [0.2, 0.25) is 10.0 Å². The van der Waals surface area contributed by atoms with E-state index in [0.717, 1.165) is 21.7 Å². The molecule has 2 aromatic carbocycles. The second kappa shape index (κ2) is 9.94. The van der Waals surface area contributed by atoms with E-state index in [4.69, 9.17) is 9.47 Å². The van der Waals surface area contributed by atoms with Crippen molar-refractivity contribution in [1.82, 2.24) is 5.43 Å². The molecule has 0 aromatic heterocycles. The lowest BCUT2D eigenvalue weighted by molar-refractivity contribution is -0.119. The van der Waals surface area contributed by atoms with E-state index in [2.05, 4.69) is 26.5 Å². The van der Waals surface area contributed by atoms with Gasteiger partial charge < -0.3 is 9.47 Å². The van der Waals surface area contributed by atoms with Crippen LogP contribution in [0.25, 0.3) is 0 Å². The highest BCUT2D eigenvalue weighted by molar-refractivity contribution is 9.10. The Morgan fingerprint density at radius 1 is 1.13 bits per heavy atom. The van der Waals surface area contributed by atoms with Gasteiger partial charge in [0.1, 0.15) is 6.54 Å². The molecule has 1 N–H and O–H groups in total. The third kappa shape index (κ3) is 6.20. The average molecular weight is 498 g/mol. The minimum absolute atomic E-state index is 0.394. The molecule has 162 valence electrons. The van der Waals surface area contributed by atoms with E-state index in [0.29, 0.717) is 27.2 Å². The maximum Gasteiger partial charge on any atom is 0.260 e. The molecule has 2 aromatic rings. The van der Waals surface area contributed by atoms with Gasteiger partial charge in [-0.15, -0.1) is 0 Å². The summed E-state index contributed by atoms with van der Waals surface area (Å²) in [6, 6.07) is 8.79. The van der Waals surface area contributed by atoms with E-state index in [1.165, 1.54) is 20.4 Å². The standard InChI is InChI=1S/C20H24BrN3O5S/c1-13-6-14(2)8-16(7-13)24(30(5,26)27)12-19(25)23-22-11-15-9-17(21)20(29-4)18(10-15)28-3/h6-11H,12H2,1-5H3,(H,23,25)/b22-11-. The van der Waals surface area contributed by atoms with Gasteiger partial charge >= 0.3 is 0 Å². The fourth-order valence-corrected chi connectivity index (χ4v) is 4.31. The molecule has 10 heteroatoms. The maximum absolute atomic E-state index is 12.3. The molecule has 30 heavy (non-hydrogen) atoms. The molecule has 0 saturated carbocycles. The van der Waals surface area contributed by atoms with Crippen LogP contribution in [0.1, 0.15) is 16.7 Å². The molecule has 0 bridgehead atoms. The maximum atomic E-state index is 12.3. The van der Waals surface area contributed by atoms with Crippen molar-refractivity contribution in [1.29, 1.82) is 0 Å². The molecule has 0 aliphatic heterocycles. The van der Waals surface area contributed by atoms with Crippen LogP contribution in [-0.4, -0.2) is 47.6 Å². The highest BCUT2D eigenvalue weighted by atomic mass is 79.9. The Bertz CT molecular complexity index is 1050. The predicted molar refractivity (Wildman–Crippen MR) is 121 cm³/mol. The molecule has 0 atom stereocenters. The first-order chi connectivity index (χ1) is 14.0. The van der Waals surface area contributed by atoms with Gasteiger partial charge in [-0.25, -0.2) is 13.8 Å². The molecule has 0 heterocycles. The third-order valence-electron chi connectivity index (χ3n) is 4.04. The minimum atomic E-state index is -3.66. The SMILES string of the molecule is COc1cc(/C=N\NC(=O)CN(c2cc(C)cc(C)c2)S(C)(=O)=O)cc(Br)c1OC. The molecule has 0 fully saturated rings. The van der Waals surface area contributed by atoms with E-state index in [-0.39, 0.29) is 0 Å². The summed E-state index contributed by atoms with van der Waals surface area (Å²) in [6.45, 7) is 3.33. The number of carbonyl (C=O) groups excluding carboxylic acids is 1. The number of aryl methyl sites for hydroxylation is 2. The molecule has 8 nitrogen and oxygen atoms in total. The molecule has 0 unspecified atom stereocenters. The van der Waals surface area contributed by atoms with Crippen molar-refractivity contribution < 1.29 is 22.7 Å². The molecule has 0 spiro atoms. The molecule has 2 rings (SSSR count). The van der Waals surface area contributed by atoms with Gasteiger partial charge in [-0.1, -0.05) is 6.07 Å². The normalized spacial score (nSPS) is 11.4. The summed E-state index contributed by atoms with van der Waals surface area (Å²) in [4.78, 5) is 12.3. The Morgan fingerprint density at radius 2 is 1.77 bits per heavy atom. The fourth-order valence-electron chi connectivity index (χ4n) is 2.85. The Kier molecular flexibility index (Phi) is 7.85. The third-order valence-corrected chi connectivity index (χ3v) is 5.77. The number of methoxy groups -OCH3 is 2. The minimum Gasteiger partial charge on any atom is -0.493 e. The average Bonchev–Trinajstić information content (AvgIpc) is 2.63. The lowest BCUT2D eigenvalue weighted by Gasteiger charge is -2.22. The molecule has 0 radical (unpaired) electrons. The van der Waals surface area contributed by atoms with Crippen LogP contribution in [0.2, 0.25) is 0 Å². The summed E-state index contributed by atoms with van der Waals surface area (Å²) < 4.78 is 36.7. The summed E-state index contributed by atoms with van der Waals surface area (Å²) in [5, 5.41) is 3.91. The fraction of sp³-hybridized carbons (Fsp3) is 0.300. The van der Waals surface area contributed by atoms with Gasteiger partial charge in [0, 0.05) is 0 Å². The van der Waals surface area contributed by atoms with Crippen LogP contribution in [0.4, 0.5) is 5.69 Å². The topological polar surface area (TPSA) is 97.3 Å². The van der Waals surface area contributed by atoms with Crippen LogP contribution < -0.4 is 19.2 Å². The van der Waals surface area contributed by atoms with Crippen molar-refractivity contribution in [3.05, 3.63) is 51.5 Å². The monoisotopic (exact) mass is 497 g/mol. The van der Waals surface area contributed by atoms with Gasteiger partial charge in [-0.05, 0) is 70.7 Å². The molecule has 1 amide bonds. The van der Waals surface area contributed by atoms with E-state index >= 15 is 0 Å². The van der Waals surface area contributed by atoms with E-state index in [9.17, 15) is 13.2 Å². The quantitative estimate of drug-likeness (QED) is 0.446.